The van der Waals surface area contributed by atoms with Crippen LogP contribution in [0.5, 0.6) is 0 Å². The van der Waals surface area contributed by atoms with Gasteiger partial charge in [-0.3, -0.25) is 14.6 Å². The molecule has 39 heavy (non-hydrogen) atoms. The molecule has 8 heteroatoms. The molecule has 0 radical (unpaired) electrons. The number of nitrogens with zero attached hydrogens (tertiary/aromatic N) is 3. The Kier molecular flexibility index (Phi) is 8.87. The topological polar surface area (TPSA) is 107 Å². The Morgan fingerprint density at radius 2 is 1.77 bits per heavy atom. The molecule has 2 aromatic heterocycles. The Morgan fingerprint density at radius 3 is 2.38 bits per heavy atom. The van der Waals surface area contributed by atoms with Crippen molar-refractivity contribution in [3.05, 3.63) is 80.5 Å². The number of H-pyrrole nitrogens is 1. The van der Waals surface area contributed by atoms with E-state index in [-0.39, 0.29) is 24.1 Å². The molecular formula is C31H42N6O2. The molecule has 0 spiro atoms. The second-order valence-electron chi connectivity index (χ2n) is 11.2. The van der Waals surface area contributed by atoms with E-state index in [9.17, 15) is 9.59 Å². The number of hydrogen-bond acceptors (Lipinski definition) is 6. The van der Waals surface area contributed by atoms with E-state index in [4.69, 9.17) is 5.73 Å². The van der Waals surface area contributed by atoms with Gasteiger partial charge in [0.2, 0.25) is 0 Å². The maximum absolute atomic E-state index is 13.6. The number of carbonyl (C=O) groups is 1. The lowest BCUT2D eigenvalue weighted by Crippen LogP contribution is -2.39. The summed E-state index contributed by atoms with van der Waals surface area (Å²) in [5.41, 5.74) is 13.7. The number of aromatic amines is 1. The van der Waals surface area contributed by atoms with Crippen LogP contribution in [-0.2, 0) is 13.1 Å². The predicted molar refractivity (Wildman–Crippen MR) is 158 cm³/mol. The number of aryl methyl sites for hydroxylation is 2. The van der Waals surface area contributed by atoms with Crippen LogP contribution >= 0.6 is 0 Å². The fourth-order valence-corrected chi connectivity index (χ4v) is 5.53. The van der Waals surface area contributed by atoms with Gasteiger partial charge in [0.25, 0.3) is 11.5 Å². The quantitative estimate of drug-likeness (QED) is 0.406. The lowest BCUT2D eigenvalue weighted by molar-refractivity contribution is 0.0950. The Morgan fingerprint density at radius 1 is 1.05 bits per heavy atom. The lowest BCUT2D eigenvalue weighted by atomic mass is 9.89. The largest absolute Gasteiger partial charge is 0.371 e. The van der Waals surface area contributed by atoms with Gasteiger partial charge in [0, 0.05) is 66.5 Å². The fourth-order valence-electron chi connectivity index (χ4n) is 5.53. The van der Waals surface area contributed by atoms with E-state index in [1.807, 2.05) is 59.3 Å². The van der Waals surface area contributed by atoms with Crippen molar-refractivity contribution in [2.24, 2.45) is 5.73 Å². The van der Waals surface area contributed by atoms with Gasteiger partial charge in [-0.05, 0) is 102 Å². The highest BCUT2D eigenvalue weighted by atomic mass is 16.1. The predicted octanol–water partition coefficient (Wildman–Crippen LogP) is 4.06. The zero-order valence-electron chi connectivity index (χ0n) is 24.1. The summed E-state index contributed by atoms with van der Waals surface area (Å²) in [6.07, 6.45) is 5.94. The molecular weight excluding hydrogens is 488 g/mol. The van der Waals surface area contributed by atoms with Crippen molar-refractivity contribution in [1.82, 2.24) is 20.2 Å². The molecule has 0 unspecified atom stereocenters. The average Bonchev–Trinajstić information content (AvgIpc) is 2.88. The molecule has 2 heterocycles. The zero-order chi connectivity index (χ0) is 28.3. The highest BCUT2D eigenvalue weighted by molar-refractivity contribution is 5.98. The smallest absolute Gasteiger partial charge is 0.253 e. The Hall–Kier alpha value is -3.49. The summed E-state index contributed by atoms with van der Waals surface area (Å²) in [7, 11) is 6.15. The van der Waals surface area contributed by atoms with E-state index in [2.05, 4.69) is 44.3 Å². The molecule has 1 saturated carbocycles. The number of nitrogens with two attached hydrogens (primary N) is 1. The minimum Gasteiger partial charge on any atom is -0.371 e. The summed E-state index contributed by atoms with van der Waals surface area (Å²) in [6, 6.07) is 10.8. The third-order valence-corrected chi connectivity index (χ3v) is 7.85. The van der Waals surface area contributed by atoms with Crippen LogP contribution < -0.4 is 21.5 Å². The summed E-state index contributed by atoms with van der Waals surface area (Å²) in [4.78, 5) is 38.0. The standard InChI is InChI=1S/C31H42N6O2/c1-19-13-20(2)35-31(39)28(19)17-34-30(38)27-14-23(22-7-10-25(33-16-22)18-36(4)5)15-29(21(27)3)37(6)26-11-8-24(32)9-12-26/h7,10,13-16,24,26H,8-9,11-12,17-18,32H2,1-6H3,(H,34,38)(H,35,39)/t24-,26+. The molecule has 4 rings (SSSR count). The summed E-state index contributed by atoms with van der Waals surface area (Å²) in [5, 5.41) is 3.00. The van der Waals surface area contributed by atoms with Gasteiger partial charge in [-0.15, -0.1) is 0 Å². The molecule has 1 aromatic carbocycles. The van der Waals surface area contributed by atoms with Crippen molar-refractivity contribution >= 4 is 11.6 Å². The highest BCUT2D eigenvalue weighted by Gasteiger charge is 2.25. The molecule has 1 aliphatic rings. The maximum Gasteiger partial charge on any atom is 0.253 e. The number of hydrogen-bond donors (Lipinski definition) is 3. The van der Waals surface area contributed by atoms with Gasteiger partial charge < -0.3 is 25.8 Å². The Labute approximate surface area is 231 Å². The van der Waals surface area contributed by atoms with Crippen molar-refractivity contribution in [1.29, 1.82) is 0 Å². The number of carbonyl (C=O) groups excluding carboxylic acids is 1. The third kappa shape index (κ3) is 6.75. The van der Waals surface area contributed by atoms with Crippen LogP contribution in [0.25, 0.3) is 11.1 Å². The molecule has 1 aliphatic carbocycles. The molecule has 0 aliphatic heterocycles. The van der Waals surface area contributed by atoms with Gasteiger partial charge in [0.05, 0.1) is 5.69 Å². The van der Waals surface area contributed by atoms with E-state index >= 15 is 0 Å². The monoisotopic (exact) mass is 530 g/mol. The van der Waals surface area contributed by atoms with Crippen molar-refractivity contribution < 1.29 is 4.79 Å². The van der Waals surface area contributed by atoms with Gasteiger partial charge in [0.1, 0.15) is 0 Å². The summed E-state index contributed by atoms with van der Waals surface area (Å²) < 4.78 is 0. The van der Waals surface area contributed by atoms with Gasteiger partial charge in [-0.2, -0.15) is 0 Å². The first-order chi connectivity index (χ1) is 18.5. The molecule has 1 fully saturated rings. The van der Waals surface area contributed by atoms with Crippen LogP contribution in [0.3, 0.4) is 0 Å². The number of pyridine rings is 2. The molecule has 8 nitrogen and oxygen atoms in total. The number of rotatable bonds is 8. The lowest BCUT2D eigenvalue weighted by Gasteiger charge is -2.36. The van der Waals surface area contributed by atoms with Crippen LogP contribution in [-0.4, -0.2) is 54.0 Å². The van der Waals surface area contributed by atoms with E-state index < -0.39 is 0 Å². The van der Waals surface area contributed by atoms with Crippen LogP contribution in [0.4, 0.5) is 5.69 Å². The molecule has 4 N–H and O–H groups in total. The molecule has 3 aromatic rings. The number of nitrogens with one attached hydrogen (secondary N) is 2. The normalized spacial score (nSPS) is 17.3. The molecule has 0 atom stereocenters. The summed E-state index contributed by atoms with van der Waals surface area (Å²) in [5.74, 6) is -0.203. The maximum atomic E-state index is 13.6. The zero-order valence-corrected chi connectivity index (χ0v) is 24.1. The first-order valence-corrected chi connectivity index (χ1v) is 13.7. The SMILES string of the molecule is Cc1cc(C)c(CNC(=O)c2cc(-c3ccc(CN(C)C)nc3)cc(N(C)[C@H]3CC[C@@H](N)CC3)c2C)c(=O)[nH]1. The Balaban J connectivity index is 1.69. The first-order valence-electron chi connectivity index (χ1n) is 13.7. The van der Waals surface area contributed by atoms with Crippen molar-refractivity contribution in [2.45, 2.75) is 71.6 Å². The van der Waals surface area contributed by atoms with Gasteiger partial charge >= 0.3 is 0 Å². The average molecular weight is 531 g/mol. The number of anilines is 1. The van der Waals surface area contributed by atoms with Crippen LogP contribution in [0, 0.1) is 20.8 Å². The first kappa shape index (κ1) is 28.5. The Bertz CT molecular complexity index is 1370. The minimum atomic E-state index is -0.203. The van der Waals surface area contributed by atoms with Crippen LogP contribution in [0.1, 0.15) is 64.1 Å². The molecule has 0 saturated heterocycles. The summed E-state index contributed by atoms with van der Waals surface area (Å²) >= 11 is 0. The highest BCUT2D eigenvalue weighted by Crippen LogP contribution is 2.34. The second-order valence-corrected chi connectivity index (χ2v) is 11.2. The van der Waals surface area contributed by atoms with Gasteiger partial charge in [-0.25, -0.2) is 0 Å². The fraction of sp³-hybridized carbons (Fsp3) is 0.452. The number of aromatic nitrogens is 2. The second kappa shape index (κ2) is 12.1. The van der Waals surface area contributed by atoms with Crippen LogP contribution in [0.2, 0.25) is 0 Å². The molecule has 208 valence electrons. The van der Waals surface area contributed by atoms with Crippen LogP contribution in [0.15, 0.2) is 41.3 Å². The third-order valence-electron chi connectivity index (χ3n) is 7.85. The van der Waals surface area contributed by atoms with E-state index in [0.29, 0.717) is 17.2 Å². The van der Waals surface area contributed by atoms with E-state index in [1.54, 1.807) is 0 Å². The molecule has 0 bridgehead atoms. The van der Waals surface area contributed by atoms with Crippen molar-refractivity contribution in [3.8, 4) is 11.1 Å². The minimum absolute atomic E-state index is 0.163. The van der Waals surface area contributed by atoms with E-state index in [1.165, 1.54) is 0 Å². The summed E-state index contributed by atoms with van der Waals surface area (Å²) in [6.45, 7) is 6.67. The number of benzene rings is 1. The van der Waals surface area contributed by atoms with E-state index in [0.717, 1.165) is 71.6 Å². The van der Waals surface area contributed by atoms with Crippen molar-refractivity contribution in [3.63, 3.8) is 0 Å². The van der Waals surface area contributed by atoms with Gasteiger partial charge in [0.15, 0.2) is 0 Å². The van der Waals surface area contributed by atoms with Crippen molar-refractivity contribution in [2.75, 3.05) is 26.0 Å². The molecule has 1 amide bonds. The number of amides is 1. The van der Waals surface area contributed by atoms with Gasteiger partial charge in [-0.1, -0.05) is 6.07 Å².